The van der Waals surface area contributed by atoms with Gasteiger partial charge in [0.2, 0.25) is 0 Å². The molecule has 0 aliphatic heterocycles. The van der Waals surface area contributed by atoms with Crippen LogP contribution in [-0.4, -0.2) is 10.9 Å². The van der Waals surface area contributed by atoms with Crippen LogP contribution >= 0.6 is 11.3 Å². The molecular formula is C13H17N4S+. The molecule has 0 saturated heterocycles. The summed E-state index contributed by atoms with van der Waals surface area (Å²) >= 11 is 1.49. The molecule has 5 heteroatoms. The van der Waals surface area contributed by atoms with E-state index < -0.39 is 0 Å². The molecule has 1 heterocycles. The molecule has 94 valence electrons. The second-order valence-corrected chi connectivity index (χ2v) is 5.23. The molecule has 0 spiro atoms. The number of benzene rings is 1. The number of aromatic nitrogens is 1. The van der Waals surface area contributed by atoms with Crippen LogP contribution in [0, 0.1) is 20.8 Å². The van der Waals surface area contributed by atoms with E-state index in [1.807, 2.05) is 5.38 Å². The third-order valence-electron chi connectivity index (χ3n) is 2.87. The predicted octanol–water partition coefficient (Wildman–Crippen LogP) is 0.721. The molecule has 0 amide bonds. The van der Waals surface area contributed by atoms with E-state index in [0.717, 1.165) is 11.3 Å². The molecule has 0 atom stereocenters. The maximum atomic E-state index is 5.40. The molecule has 4 nitrogen and oxygen atoms in total. The van der Waals surface area contributed by atoms with E-state index in [1.165, 1.54) is 28.0 Å². The number of aryl methyl sites for hydroxylation is 3. The largest absolute Gasteiger partial charge is 0.311 e. The van der Waals surface area contributed by atoms with E-state index in [4.69, 9.17) is 11.5 Å². The van der Waals surface area contributed by atoms with Gasteiger partial charge < -0.3 is 11.5 Å². The minimum atomic E-state index is 0.160. The Kier molecular flexibility index (Phi) is 3.34. The first-order valence-corrected chi connectivity index (χ1v) is 6.54. The lowest BCUT2D eigenvalue weighted by Crippen LogP contribution is -2.72. The van der Waals surface area contributed by atoms with Gasteiger partial charge in [0.15, 0.2) is 0 Å². The van der Waals surface area contributed by atoms with E-state index in [2.05, 4.69) is 42.9 Å². The molecule has 1 aromatic heterocycles. The molecular weight excluding hydrogens is 244 g/mol. The van der Waals surface area contributed by atoms with Crippen molar-refractivity contribution in [3.05, 3.63) is 34.2 Å². The van der Waals surface area contributed by atoms with Gasteiger partial charge in [-0.3, -0.25) is 0 Å². The number of hydrogen-bond donors (Lipinski definition) is 3. The van der Waals surface area contributed by atoms with Gasteiger partial charge in [0.05, 0.1) is 0 Å². The van der Waals surface area contributed by atoms with Crippen molar-refractivity contribution in [3.63, 3.8) is 0 Å². The highest BCUT2D eigenvalue weighted by molar-refractivity contribution is 7.13. The van der Waals surface area contributed by atoms with Crippen LogP contribution in [0.3, 0.4) is 0 Å². The fraction of sp³-hybridized carbons (Fsp3) is 0.231. The molecule has 2 aromatic rings. The van der Waals surface area contributed by atoms with Gasteiger partial charge in [-0.1, -0.05) is 17.4 Å². The first kappa shape index (κ1) is 12.6. The van der Waals surface area contributed by atoms with Crippen molar-refractivity contribution >= 4 is 22.4 Å². The van der Waals surface area contributed by atoms with Crippen molar-refractivity contribution in [2.75, 3.05) is 0 Å². The van der Waals surface area contributed by atoms with Gasteiger partial charge in [-0.25, -0.2) is 4.99 Å². The number of hydrogen-bond acceptors (Lipinski definition) is 2. The minimum absolute atomic E-state index is 0.160. The molecule has 18 heavy (non-hydrogen) atoms. The lowest BCUT2D eigenvalue weighted by atomic mass is 9.99. The number of thiazole rings is 1. The second-order valence-electron chi connectivity index (χ2n) is 4.37. The van der Waals surface area contributed by atoms with Gasteiger partial charge in [-0.2, -0.15) is 0 Å². The van der Waals surface area contributed by atoms with Crippen LogP contribution in [0.5, 0.6) is 0 Å². The van der Waals surface area contributed by atoms with Crippen LogP contribution in [0.25, 0.3) is 11.3 Å². The predicted molar refractivity (Wildman–Crippen MR) is 75.8 cm³/mol. The van der Waals surface area contributed by atoms with Crippen LogP contribution < -0.4 is 16.5 Å². The average Bonchev–Trinajstić information content (AvgIpc) is 2.70. The highest BCUT2D eigenvalue weighted by Crippen LogP contribution is 2.27. The first-order valence-electron chi connectivity index (χ1n) is 5.66. The van der Waals surface area contributed by atoms with E-state index in [0.29, 0.717) is 5.13 Å². The average molecular weight is 261 g/mol. The Morgan fingerprint density at radius 1 is 1.11 bits per heavy atom. The molecule has 0 fully saturated rings. The van der Waals surface area contributed by atoms with Crippen molar-refractivity contribution in [1.82, 2.24) is 4.98 Å². The molecule has 2 rings (SSSR count). The Labute approximate surface area is 110 Å². The topological polar surface area (TPSA) is 78.9 Å². The third kappa shape index (κ3) is 2.51. The summed E-state index contributed by atoms with van der Waals surface area (Å²) in [4.78, 5) is 7.30. The summed E-state index contributed by atoms with van der Waals surface area (Å²) in [6.45, 7) is 6.32. The SMILES string of the molecule is Cc1cc(C)c(-c2csc([NH+]=C(N)N)n2)cc1C. The van der Waals surface area contributed by atoms with Crippen molar-refractivity contribution in [2.24, 2.45) is 11.5 Å². The van der Waals surface area contributed by atoms with Crippen LogP contribution in [0.4, 0.5) is 5.13 Å². The summed E-state index contributed by atoms with van der Waals surface area (Å²) in [5.74, 6) is 0.160. The lowest BCUT2D eigenvalue weighted by molar-refractivity contribution is -0.355. The Bertz CT molecular complexity index is 609. The molecule has 1 aromatic carbocycles. The van der Waals surface area contributed by atoms with Gasteiger partial charge in [0.25, 0.3) is 5.13 Å². The van der Waals surface area contributed by atoms with Gasteiger partial charge in [-0.15, -0.1) is 4.98 Å². The van der Waals surface area contributed by atoms with Gasteiger partial charge in [0, 0.05) is 10.9 Å². The van der Waals surface area contributed by atoms with Crippen LogP contribution in [0.2, 0.25) is 0 Å². The minimum Gasteiger partial charge on any atom is -0.311 e. The summed E-state index contributed by atoms with van der Waals surface area (Å²) in [7, 11) is 0. The maximum Gasteiger partial charge on any atom is 0.303 e. The summed E-state index contributed by atoms with van der Waals surface area (Å²) < 4.78 is 0. The van der Waals surface area contributed by atoms with Crippen LogP contribution in [0.1, 0.15) is 16.7 Å². The molecule has 5 N–H and O–H groups in total. The zero-order chi connectivity index (χ0) is 13.3. The third-order valence-corrected chi connectivity index (χ3v) is 3.63. The molecule has 0 bridgehead atoms. The van der Waals surface area contributed by atoms with Crippen molar-refractivity contribution in [3.8, 4) is 11.3 Å². The normalized spacial score (nSPS) is 10.4. The quantitative estimate of drug-likeness (QED) is 0.550. The summed E-state index contributed by atoms with van der Waals surface area (Å²) in [6.07, 6.45) is 0. The standard InChI is InChI=1S/C13H16N4S/c1-7-4-9(3)10(5-8(7)2)11-6-18-13(16-11)17-12(14)15/h4-6H,1-3H3,(H4,14,15,16,17)/p+1. The van der Waals surface area contributed by atoms with Crippen molar-refractivity contribution in [1.29, 1.82) is 0 Å². The zero-order valence-corrected chi connectivity index (χ0v) is 11.6. The van der Waals surface area contributed by atoms with Gasteiger partial charge in [-0.05, 0) is 43.5 Å². The summed E-state index contributed by atoms with van der Waals surface area (Å²) in [6, 6.07) is 4.35. The smallest absolute Gasteiger partial charge is 0.303 e. The highest BCUT2D eigenvalue weighted by atomic mass is 32.1. The Morgan fingerprint density at radius 2 is 1.78 bits per heavy atom. The maximum absolute atomic E-state index is 5.40. The zero-order valence-electron chi connectivity index (χ0n) is 10.7. The molecule has 0 unspecified atom stereocenters. The van der Waals surface area contributed by atoms with E-state index >= 15 is 0 Å². The van der Waals surface area contributed by atoms with Crippen molar-refractivity contribution < 1.29 is 4.99 Å². The van der Waals surface area contributed by atoms with Crippen molar-refractivity contribution in [2.45, 2.75) is 20.8 Å². The summed E-state index contributed by atoms with van der Waals surface area (Å²) in [5, 5.41) is 2.71. The second kappa shape index (κ2) is 4.78. The number of nitrogens with one attached hydrogen (secondary N) is 1. The van der Waals surface area contributed by atoms with Gasteiger partial charge in [0.1, 0.15) is 5.69 Å². The first-order chi connectivity index (χ1) is 8.47. The fourth-order valence-electron chi connectivity index (χ4n) is 1.81. The molecule has 0 saturated carbocycles. The lowest BCUT2D eigenvalue weighted by Gasteiger charge is -2.06. The Hall–Kier alpha value is -1.88. The van der Waals surface area contributed by atoms with E-state index in [1.54, 1.807) is 0 Å². The summed E-state index contributed by atoms with van der Waals surface area (Å²) in [5.41, 5.74) is 16.7. The van der Waals surface area contributed by atoms with E-state index in [9.17, 15) is 0 Å². The Morgan fingerprint density at radius 3 is 2.44 bits per heavy atom. The monoisotopic (exact) mass is 261 g/mol. The highest BCUT2D eigenvalue weighted by Gasteiger charge is 2.11. The number of guanidine groups is 1. The molecule has 0 radical (unpaired) electrons. The molecule has 0 aliphatic rings. The Balaban J connectivity index is 2.46. The molecule has 0 aliphatic carbocycles. The fourth-order valence-corrected chi connectivity index (χ4v) is 2.55. The van der Waals surface area contributed by atoms with E-state index in [-0.39, 0.29) is 5.96 Å². The van der Waals surface area contributed by atoms with Gasteiger partial charge >= 0.3 is 5.96 Å². The number of nitrogens with zero attached hydrogens (tertiary/aromatic N) is 1. The van der Waals surface area contributed by atoms with Crippen LogP contribution in [-0.2, 0) is 0 Å². The van der Waals surface area contributed by atoms with Crippen LogP contribution in [0.15, 0.2) is 17.5 Å². The number of rotatable bonds is 2. The number of nitrogens with two attached hydrogens (primary N) is 2.